The van der Waals surface area contributed by atoms with Gasteiger partial charge in [-0.3, -0.25) is 0 Å². The van der Waals surface area contributed by atoms with Gasteiger partial charge in [0.05, 0.1) is 15.9 Å². The summed E-state index contributed by atoms with van der Waals surface area (Å²) in [7, 11) is 1.68. The Morgan fingerprint density at radius 3 is 2.89 bits per heavy atom. The predicted octanol–water partition coefficient (Wildman–Crippen LogP) is 3.85. The number of hydrogen-bond acceptors (Lipinski definition) is 4. The minimum Gasteiger partial charge on any atom is -0.508 e. The zero-order valence-electron chi connectivity index (χ0n) is 10.1. The van der Waals surface area contributed by atoms with Crippen molar-refractivity contribution < 1.29 is 9.50 Å². The summed E-state index contributed by atoms with van der Waals surface area (Å²) in [6, 6.07) is 9.91. The van der Waals surface area contributed by atoms with Gasteiger partial charge in [0.1, 0.15) is 16.6 Å². The second-order valence-corrected chi connectivity index (χ2v) is 5.11. The first kappa shape index (κ1) is 11.9. The number of para-hydroxylation sites is 1. The summed E-state index contributed by atoms with van der Waals surface area (Å²) in [5.74, 6) is -0.0992. The molecule has 2 aromatic carbocycles. The summed E-state index contributed by atoms with van der Waals surface area (Å²) in [6.07, 6.45) is 0. The van der Waals surface area contributed by atoms with E-state index in [0.29, 0.717) is 5.69 Å². The molecule has 3 aromatic rings. The maximum Gasteiger partial charge on any atom is 0.147 e. The number of fused-ring (bicyclic) bond motifs is 1. The van der Waals surface area contributed by atoms with E-state index in [0.717, 1.165) is 20.8 Å². The van der Waals surface area contributed by atoms with Crippen molar-refractivity contribution in [1.82, 2.24) is 4.98 Å². The Morgan fingerprint density at radius 2 is 2.11 bits per heavy atom. The molecular weight excluding hydrogens is 263 g/mol. The van der Waals surface area contributed by atoms with Gasteiger partial charge in [0, 0.05) is 12.6 Å². The topological polar surface area (TPSA) is 45.2 Å². The third kappa shape index (κ3) is 2.02. The largest absolute Gasteiger partial charge is 0.508 e. The van der Waals surface area contributed by atoms with Gasteiger partial charge in [-0.15, -0.1) is 11.3 Å². The summed E-state index contributed by atoms with van der Waals surface area (Å²) in [5.41, 5.74) is 1.96. The first-order valence-electron chi connectivity index (χ1n) is 5.75. The standard InChI is InChI=1S/C14H11FN2OS/c1-16-13-9(3-2-4-10(13)15)14-17-11-6-5-8(18)7-12(11)19-14/h2-7,16,18H,1H3. The number of phenols is 1. The molecule has 0 saturated heterocycles. The molecule has 5 heteroatoms. The van der Waals surface area contributed by atoms with Gasteiger partial charge in [-0.2, -0.15) is 0 Å². The number of nitrogens with one attached hydrogen (secondary N) is 1. The fraction of sp³-hybridized carbons (Fsp3) is 0.0714. The summed E-state index contributed by atoms with van der Waals surface area (Å²) in [5, 5.41) is 13.0. The second kappa shape index (κ2) is 4.51. The highest BCUT2D eigenvalue weighted by Gasteiger charge is 2.13. The van der Waals surface area contributed by atoms with Crippen LogP contribution in [0.3, 0.4) is 0 Å². The third-order valence-corrected chi connectivity index (χ3v) is 3.92. The van der Waals surface area contributed by atoms with E-state index in [1.807, 2.05) is 6.07 Å². The van der Waals surface area contributed by atoms with Gasteiger partial charge >= 0.3 is 0 Å². The Hall–Kier alpha value is -2.14. The molecule has 0 aliphatic heterocycles. The summed E-state index contributed by atoms with van der Waals surface area (Å²) in [4.78, 5) is 4.47. The number of rotatable bonds is 2. The van der Waals surface area contributed by atoms with Crippen molar-refractivity contribution in [2.24, 2.45) is 0 Å². The van der Waals surface area contributed by atoms with E-state index in [9.17, 15) is 9.50 Å². The molecule has 0 amide bonds. The van der Waals surface area contributed by atoms with Gasteiger partial charge in [-0.25, -0.2) is 9.37 Å². The molecular formula is C14H11FN2OS. The SMILES string of the molecule is CNc1c(F)cccc1-c1nc2ccc(O)cc2s1. The van der Waals surface area contributed by atoms with Crippen LogP contribution in [-0.4, -0.2) is 17.1 Å². The monoisotopic (exact) mass is 274 g/mol. The minimum atomic E-state index is -0.304. The van der Waals surface area contributed by atoms with Crippen molar-refractivity contribution in [1.29, 1.82) is 0 Å². The lowest BCUT2D eigenvalue weighted by Gasteiger charge is -2.06. The van der Waals surface area contributed by atoms with Crippen LogP contribution in [0.25, 0.3) is 20.8 Å². The van der Waals surface area contributed by atoms with Gasteiger partial charge in [0.2, 0.25) is 0 Å². The molecule has 3 rings (SSSR count). The molecule has 0 atom stereocenters. The molecule has 96 valence electrons. The highest BCUT2D eigenvalue weighted by molar-refractivity contribution is 7.21. The van der Waals surface area contributed by atoms with E-state index in [2.05, 4.69) is 10.3 Å². The summed E-state index contributed by atoms with van der Waals surface area (Å²) < 4.78 is 14.6. The molecule has 0 spiro atoms. The number of hydrogen-bond donors (Lipinski definition) is 2. The normalized spacial score (nSPS) is 10.8. The molecule has 2 N–H and O–H groups in total. The zero-order chi connectivity index (χ0) is 13.4. The number of aromatic nitrogens is 1. The van der Waals surface area contributed by atoms with E-state index in [1.165, 1.54) is 17.4 Å². The zero-order valence-corrected chi connectivity index (χ0v) is 11.0. The molecule has 0 unspecified atom stereocenters. The van der Waals surface area contributed by atoms with Gasteiger partial charge in [-0.1, -0.05) is 6.07 Å². The van der Waals surface area contributed by atoms with Crippen LogP contribution < -0.4 is 5.32 Å². The van der Waals surface area contributed by atoms with Crippen molar-refractivity contribution in [2.75, 3.05) is 12.4 Å². The maximum atomic E-state index is 13.7. The molecule has 0 bridgehead atoms. The number of aromatic hydroxyl groups is 1. The minimum absolute atomic E-state index is 0.204. The molecule has 3 nitrogen and oxygen atoms in total. The smallest absolute Gasteiger partial charge is 0.147 e. The maximum absolute atomic E-state index is 13.7. The Kier molecular flexibility index (Phi) is 2.83. The Morgan fingerprint density at radius 1 is 1.26 bits per heavy atom. The van der Waals surface area contributed by atoms with Crippen LogP contribution in [0.1, 0.15) is 0 Å². The lowest BCUT2D eigenvalue weighted by molar-refractivity contribution is 0.476. The number of phenolic OH excluding ortho intramolecular Hbond substituents is 1. The third-order valence-electron chi connectivity index (χ3n) is 2.87. The fourth-order valence-electron chi connectivity index (χ4n) is 1.98. The summed E-state index contributed by atoms with van der Waals surface area (Å²) >= 11 is 1.42. The molecule has 0 aliphatic rings. The van der Waals surface area contributed by atoms with Gasteiger partial charge in [0.25, 0.3) is 0 Å². The average molecular weight is 274 g/mol. The Labute approximate surface area is 113 Å². The molecule has 0 saturated carbocycles. The molecule has 0 radical (unpaired) electrons. The molecule has 0 fully saturated rings. The van der Waals surface area contributed by atoms with Gasteiger partial charge < -0.3 is 10.4 Å². The number of benzene rings is 2. The van der Waals surface area contributed by atoms with Crippen molar-refractivity contribution in [3.05, 3.63) is 42.2 Å². The van der Waals surface area contributed by atoms with Crippen LogP contribution in [0.4, 0.5) is 10.1 Å². The van der Waals surface area contributed by atoms with Crippen LogP contribution in [-0.2, 0) is 0 Å². The number of anilines is 1. The molecule has 0 aliphatic carbocycles. The average Bonchev–Trinajstić information content (AvgIpc) is 2.81. The van der Waals surface area contributed by atoms with Gasteiger partial charge in [-0.05, 0) is 30.3 Å². The molecule has 1 heterocycles. The predicted molar refractivity (Wildman–Crippen MR) is 76.2 cm³/mol. The highest BCUT2D eigenvalue weighted by atomic mass is 32.1. The van der Waals surface area contributed by atoms with Crippen molar-refractivity contribution >= 4 is 27.2 Å². The lowest BCUT2D eigenvalue weighted by Crippen LogP contribution is -1.95. The van der Waals surface area contributed by atoms with E-state index < -0.39 is 0 Å². The van der Waals surface area contributed by atoms with Crippen molar-refractivity contribution in [2.45, 2.75) is 0 Å². The van der Waals surface area contributed by atoms with E-state index >= 15 is 0 Å². The lowest BCUT2D eigenvalue weighted by atomic mass is 10.2. The number of thiazole rings is 1. The summed E-state index contributed by atoms with van der Waals surface area (Å²) in [6.45, 7) is 0. The van der Waals surface area contributed by atoms with Crippen LogP contribution in [0, 0.1) is 5.82 Å². The first-order chi connectivity index (χ1) is 9.19. The van der Waals surface area contributed by atoms with E-state index in [4.69, 9.17) is 0 Å². The van der Waals surface area contributed by atoms with Crippen LogP contribution in [0.15, 0.2) is 36.4 Å². The van der Waals surface area contributed by atoms with Crippen LogP contribution in [0.2, 0.25) is 0 Å². The highest BCUT2D eigenvalue weighted by Crippen LogP contribution is 2.36. The first-order valence-corrected chi connectivity index (χ1v) is 6.57. The quantitative estimate of drug-likeness (QED) is 0.746. The Bertz CT molecular complexity index is 754. The van der Waals surface area contributed by atoms with E-state index in [-0.39, 0.29) is 11.6 Å². The van der Waals surface area contributed by atoms with E-state index in [1.54, 1.807) is 31.3 Å². The van der Waals surface area contributed by atoms with Crippen molar-refractivity contribution in [3.8, 4) is 16.3 Å². The van der Waals surface area contributed by atoms with Gasteiger partial charge in [0.15, 0.2) is 0 Å². The second-order valence-electron chi connectivity index (χ2n) is 4.08. The van der Waals surface area contributed by atoms with Crippen LogP contribution >= 0.6 is 11.3 Å². The molecule has 19 heavy (non-hydrogen) atoms. The number of nitrogens with zero attached hydrogens (tertiary/aromatic N) is 1. The molecule has 1 aromatic heterocycles. The fourth-order valence-corrected chi connectivity index (χ4v) is 3.02. The Balaban J connectivity index is 2.22. The van der Waals surface area contributed by atoms with Crippen LogP contribution in [0.5, 0.6) is 5.75 Å². The number of halogens is 1. The van der Waals surface area contributed by atoms with Crippen molar-refractivity contribution in [3.63, 3.8) is 0 Å².